The summed E-state index contributed by atoms with van der Waals surface area (Å²) in [4.78, 5) is 18.2. The maximum Gasteiger partial charge on any atom is 0.404 e. The molecule has 2 aromatic carbocycles. The molecule has 178 valence electrons. The Bertz CT molecular complexity index is 1050. The van der Waals surface area contributed by atoms with Gasteiger partial charge in [-0.05, 0) is 55.6 Å². The molecule has 1 N–H and O–H groups in total. The van der Waals surface area contributed by atoms with Crippen LogP contribution >= 0.6 is 0 Å². The molecule has 1 aliphatic rings. The van der Waals surface area contributed by atoms with Crippen molar-refractivity contribution < 1.29 is 18.0 Å². The van der Waals surface area contributed by atoms with Crippen LogP contribution in [0.3, 0.4) is 0 Å². The van der Waals surface area contributed by atoms with E-state index in [1.807, 2.05) is 30.3 Å². The molecule has 4 nitrogen and oxygen atoms in total. The zero-order valence-electron chi connectivity index (χ0n) is 18.8. The molecule has 0 radical (unpaired) electrons. The first kappa shape index (κ1) is 24.0. The second kappa shape index (κ2) is 10.4. The summed E-state index contributed by atoms with van der Waals surface area (Å²) in [6.45, 7) is 0.968. The third-order valence-electron chi connectivity index (χ3n) is 6.76. The highest BCUT2D eigenvalue weighted by Crippen LogP contribution is 2.38. The lowest BCUT2D eigenvalue weighted by atomic mass is 9.72. The molecular formula is C27H28F3N3O. The van der Waals surface area contributed by atoms with Crippen LogP contribution in [-0.2, 0) is 11.8 Å². The smallest absolute Gasteiger partial charge is 0.351 e. The first-order valence-corrected chi connectivity index (χ1v) is 11.5. The van der Waals surface area contributed by atoms with Crippen molar-refractivity contribution in [2.45, 2.75) is 36.9 Å². The van der Waals surface area contributed by atoms with Crippen LogP contribution in [0.25, 0.3) is 0 Å². The number of piperidine rings is 1. The van der Waals surface area contributed by atoms with Crippen molar-refractivity contribution in [3.63, 3.8) is 0 Å². The number of likely N-dealkylation sites (tertiary alicyclic amines) is 1. The summed E-state index contributed by atoms with van der Waals surface area (Å²) >= 11 is 0. The Morgan fingerprint density at radius 1 is 0.941 bits per heavy atom. The second-order valence-electron chi connectivity index (χ2n) is 8.85. The van der Waals surface area contributed by atoms with Gasteiger partial charge in [0.05, 0.1) is 0 Å². The van der Waals surface area contributed by atoms with Crippen LogP contribution in [0.2, 0.25) is 0 Å². The highest BCUT2D eigenvalue weighted by Gasteiger charge is 2.46. The lowest BCUT2D eigenvalue weighted by Crippen LogP contribution is -2.55. The van der Waals surface area contributed by atoms with E-state index in [4.69, 9.17) is 0 Å². The van der Waals surface area contributed by atoms with E-state index in [0.717, 1.165) is 5.56 Å². The molecule has 0 bridgehead atoms. The molecule has 0 aliphatic carbocycles. The average molecular weight is 468 g/mol. The minimum Gasteiger partial charge on any atom is -0.351 e. The van der Waals surface area contributed by atoms with Gasteiger partial charge in [-0.25, -0.2) is 0 Å². The van der Waals surface area contributed by atoms with Gasteiger partial charge in [0.25, 0.3) is 5.91 Å². The van der Waals surface area contributed by atoms with Crippen LogP contribution in [-0.4, -0.2) is 47.6 Å². The van der Waals surface area contributed by atoms with E-state index < -0.39 is 17.6 Å². The van der Waals surface area contributed by atoms with E-state index in [-0.39, 0.29) is 12.3 Å². The topological polar surface area (TPSA) is 45.2 Å². The van der Waals surface area contributed by atoms with Crippen LogP contribution in [0.4, 0.5) is 13.2 Å². The lowest BCUT2D eigenvalue weighted by molar-refractivity contribution is -0.187. The third kappa shape index (κ3) is 5.65. The molecule has 0 spiro atoms. The normalized spacial score (nSPS) is 17.1. The van der Waals surface area contributed by atoms with Gasteiger partial charge in [-0.2, -0.15) is 13.2 Å². The number of pyridine rings is 1. The van der Waals surface area contributed by atoms with Gasteiger partial charge in [0.2, 0.25) is 0 Å². The fraction of sp³-hybridized carbons (Fsp3) is 0.333. The molecule has 3 aromatic rings. The van der Waals surface area contributed by atoms with Crippen LogP contribution in [0.15, 0.2) is 85.2 Å². The number of hydrogen-bond acceptors (Lipinski definition) is 3. The molecule has 4 rings (SSSR count). The number of carbonyl (C=O) groups excluding carboxylic acids is 1. The molecule has 1 aromatic heterocycles. The fourth-order valence-electron chi connectivity index (χ4n) is 4.77. The van der Waals surface area contributed by atoms with Gasteiger partial charge in [-0.1, -0.05) is 60.7 Å². The molecule has 1 fully saturated rings. The fourth-order valence-corrected chi connectivity index (χ4v) is 4.77. The summed E-state index contributed by atoms with van der Waals surface area (Å²) in [5, 5.41) is 3.01. The zero-order valence-corrected chi connectivity index (χ0v) is 18.8. The van der Waals surface area contributed by atoms with Gasteiger partial charge >= 0.3 is 6.18 Å². The van der Waals surface area contributed by atoms with Gasteiger partial charge in [0.1, 0.15) is 6.04 Å². The molecule has 0 saturated carbocycles. The predicted octanol–water partition coefficient (Wildman–Crippen LogP) is 5.02. The number of nitrogens with one attached hydrogen (secondary N) is 1. The Morgan fingerprint density at radius 3 is 2.12 bits per heavy atom. The molecule has 7 heteroatoms. The highest BCUT2D eigenvalue weighted by atomic mass is 19.4. The minimum absolute atomic E-state index is 0.0680. The molecule has 1 aliphatic heterocycles. The number of aromatic nitrogens is 1. The van der Waals surface area contributed by atoms with Crippen LogP contribution in [0.1, 0.15) is 34.3 Å². The summed E-state index contributed by atoms with van der Waals surface area (Å²) in [5.74, 6) is -0.211. The van der Waals surface area contributed by atoms with Crippen molar-refractivity contribution in [1.29, 1.82) is 0 Å². The van der Waals surface area contributed by atoms with E-state index in [9.17, 15) is 18.0 Å². The molecule has 2 heterocycles. The Labute approximate surface area is 197 Å². The number of rotatable bonds is 7. The van der Waals surface area contributed by atoms with E-state index in [0.29, 0.717) is 43.6 Å². The van der Waals surface area contributed by atoms with Crippen molar-refractivity contribution in [2.75, 3.05) is 19.6 Å². The van der Waals surface area contributed by atoms with E-state index in [1.165, 1.54) is 0 Å². The number of nitrogens with zero attached hydrogens (tertiary/aromatic N) is 2. The van der Waals surface area contributed by atoms with Gasteiger partial charge in [-0.3, -0.25) is 14.7 Å². The number of amides is 1. The highest BCUT2D eigenvalue weighted by molar-refractivity contribution is 5.94. The average Bonchev–Trinajstić information content (AvgIpc) is 2.87. The third-order valence-corrected chi connectivity index (χ3v) is 6.76. The van der Waals surface area contributed by atoms with E-state index in [2.05, 4.69) is 10.3 Å². The number of halogens is 3. The van der Waals surface area contributed by atoms with Crippen molar-refractivity contribution >= 4 is 5.91 Å². The second-order valence-corrected chi connectivity index (χ2v) is 8.85. The van der Waals surface area contributed by atoms with Gasteiger partial charge in [-0.15, -0.1) is 0 Å². The molecule has 1 atom stereocenters. The summed E-state index contributed by atoms with van der Waals surface area (Å²) in [7, 11) is 0. The Morgan fingerprint density at radius 2 is 1.53 bits per heavy atom. The van der Waals surface area contributed by atoms with Gasteiger partial charge in [0, 0.05) is 29.9 Å². The summed E-state index contributed by atoms with van der Waals surface area (Å²) in [5.41, 5.74) is 1.80. The number of benzene rings is 2. The summed E-state index contributed by atoms with van der Waals surface area (Å²) in [6.07, 6.45) is -0.224. The molecule has 34 heavy (non-hydrogen) atoms. The number of alkyl halides is 3. The van der Waals surface area contributed by atoms with Crippen LogP contribution in [0.5, 0.6) is 0 Å². The molecule has 1 saturated heterocycles. The SMILES string of the molecule is O=C(NCC1(c2ccccc2)CCN(C(Cc2ccccc2)C(F)(F)F)CC1)c1ccncc1. The van der Waals surface area contributed by atoms with Crippen LogP contribution < -0.4 is 5.32 Å². The quantitative estimate of drug-likeness (QED) is 0.531. The molecule has 1 amide bonds. The number of carbonyl (C=O) groups is 1. The first-order valence-electron chi connectivity index (χ1n) is 11.5. The standard InChI is InChI=1S/C27H28F3N3O/c28-27(29,30)24(19-21-7-3-1-4-8-21)33-17-13-26(14-18-33,23-9-5-2-6-10-23)20-32-25(34)22-11-15-31-16-12-22/h1-12,15-16,24H,13-14,17-20H2,(H,32,34). The lowest BCUT2D eigenvalue weighted by Gasteiger charge is -2.45. The first-order chi connectivity index (χ1) is 16.4. The maximum atomic E-state index is 14.0. The van der Waals surface area contributed by atoms with E-state index >= 15 is 0 Å². The largest absolute Gasteiger partial charge is 0.404 e. The van der Waals surface area contributed by atoms with Crippen molar-refractivity contribution in [1.82, 2.24) is 15.2 Å². The Balaban J connectivity index is 1.51. The molecule has 1 unspecified atom stereocenters. The van der Waals surface area contributed by atoms with Crippen molar-refractivity contribution in [3.05, 3.63) is 102 Å². The van der Waals surface area contributed by atoms with Gasteiger partial charge in [0.15, 0.2) is 0 Å². The maximum absolute atomic E-state index is 14.0. The number of hydrogen-bond donors (Lipinski definition) is 1. The van der Waals surface area contributed by atoms with Crippen molar-refractivity contribution in [2.24, 2.45) is 0 Å². The molecular weight excluding hydrogens is 439 g/mol. The Kier molecular flexibility index (Phi) is 7.32. The zero-order chi connectivity index (χ0) is 24.0. The predicted molar refractivity (Wildman–Crippen MR) is 125 cm³/mol. The van der Waals surface area contributed by atoms with Crippen molar-refractivity contribution in [3.8, 4) is 0 Å². The minimum atomic E-state index is -4.32. The van der Waals surface area contributed by atoms with E-state index in [1.54, 1.807) is 59.8 Å². The Hall–Kier alpha value is -3.19. The van der Waals surface area contributed by atoms with Gasteiger partial charge < -0.3 is 5.32 Å². The summed E-state index contributed by atoms with van der Waals surface area (Å²) < 4.78 is 42.1. The van der Waals surface area contributed by atoms with Crippen LogP contribution in [0, 0.1) is 0 Å². The summed E-state index contributed by atoms with van der Waals surface area (Å²) in [6, 6.07) is 20.4. The monoisotopic (exact) mass is 467 g/mol.